The minimum absolute atomic E-state index is 0.0691. The van der Waals surface area contributed by atoms with Crippen LogP contribution in [0.5, 0.6) is 5.75 Å². The van der Waals surface area contributed by atoms with Crippen molar-refractivity contribution in [2.45, 2.75) is 20.0 Å². The molecule has 126 valence electrons. The summed E-state index contributed by atoms with van der Waals surface area (Å²) < 4.78 is 7.07. The highest BCUT2D eigenvalue weighted by atomic mass is 16.5. The predicted molar refractivity (Wildman–Crippen MR) is 88.8 cm³/mol. The monoisotopic (exact) mass is 337 g/mol. The minimum atomic E-state index is -0.681. The van der Waals surface area contributed by atoms with Crippen molar-refractivity contribution in [2.24, 2.45) is 0 Å². The minimum Gasteiger partial charge on any atom is -0.423 e. The number of carbonyl (C=O) groups is 3. The van der Waals surface area contributed by atoms with E-state index in [1.807, 2.05) is 35.9 Å². The van der Waals surface area contributed by atoms with E-state index in [4.69, 9.17) is 4.74 Å². The summed E-state index contributed by atoms with van der Waals surface area (Å²) in [5, 5.41) is 0. The van der Waals surface area contributed by atoms with Crippen LogP contribution in [0.3, 0.4) is 0 Å². The van der Waals surface area contributed by atoms with Crippen LogP contribution in [0.1, 0.15) is 33.3 Å². The molecule has 1 aliphatic rings. The van der Waals surface area contributed by atoms with Gasteiger partial charge in [-0.25, -0.2) is 9.36 Å². The average molecular weight is 337 g/mol. The Morgan fingerprint density at radius 1 is 1.20 bits per heavy atom. The highest BCUT2D eigenvalue weighted by Gasteiger charge is 2.39. The van der Waals surface area contributed by atoms with Crippen LogP contribution in [0.25, 0.3) is 0 Å². The molecule has 0 unspecified atom stereocenters. The summed E-state index contributed by atoms with van der Waals surface area (Å²) in [7, 11) is 0. The molecule has 0 saturated heterocycles. The van der Waals surface area contributed by atoms with Crippen molar-refractivity contribution in [2.75, 3.05) is 0 Å². The van der Waals surface area contributed by atoms with Gasteiger partial charge in [-0.15, -0.1) is 0 Å². The lowest BCUT2D eigenvalue weighted by atomic mass is 10.1. The Bertz CT molecular complexity index is 889. The predicted octanol–water partition coefficient (Wildman–Crippen LogP) is 1.88. The molecule has 2 aromatic rings. The first-order valence-corrected chi connectivity index (χ1v) is 7.87. The number of amides is 2. The molecule has 0 fully saturated rings. The molecule has 1 aromatic carbocycles. The number of imide groups is 1. The third-order valence-electron chi connectivity index (χ3n) is 4.03. The van der Waals surface area contributed by atoms with E-state index in [1.165, 1.54) is 6.07 Å². The summed E-state index contributed by atoms with van der Waals surface area (Å²) in [6.07, 6.45) is 2.90. The zero-order valence-corrected chi connectivity index (χ0v) is 13.8. The van der Waals surface area contributed by atoms with Gasteiger partial charge in [0.05, 0.1) is 11.1 Å². The maximum atomic E-state index is 12.8. The molecule has 0 aliphatic carbocycles. The average Bonchev–Trinajstić information content (AvgIpc) is 2.88. The Labute approximate surface area is 145 Å². The van der Waals surface area contributed by atoms with E-state index in [1.54, 1.807) is 12.1 Å². The second kappa shape index (κ2) is 6.68. The number of nitrogens with zero attached hydrogens (tertiary/aromatic N) is 2. The highest BCUT2D eigenvalue weighted by molar-refractivity contribution is 6.22. The number of carbonyl (C=O) groups excluding carboxylic acids is 3. The van der Waals surface area contributed by atoms with Crippen LogP contribution < -0.4 is 9.30 Å². The number of esters is 1. The molecule has 0 spiro atoms. The maximum absolute atomic E-state index is 12.8. The SMILES string of the molecule is C=CC(=O)Oc1cccc2c1C(=O)N(Cc1cccc[n+]1CC)C2=O. The van der Waals surface area contributed by atoms with Gasteiger partial charge in [0.25, 0.3) is 11.8 Å². The van der Waals surface area contributed by atoms with Crippen LogP contribution in [0, 0.1) is 0 Å². The van der Waals surface area contributed by atoms with Crippen molar-refractivity contribution < 1.29 is 23.7 Å². The summed E-state index contributed by atoms with van der Waals surface area (Å²) in [6, 6.07) is 10.2. The van der Waals surface area contributed by atoms with Crippen molar-refractivity contribution in [3.8, 4) is 5.75 Å². The molecular formula is C19H17N2O4+. The van der Waals surface area contributed by atoms with Crippen molar-refractivity contribution in [1.29, 1.82) is 0 Å². The van der Waals surface area contributed by atoms with E-state index in [-0.39, 0.29) is 23.4 Å². The molecular weight excluding hydrogens is 320 g/mol. The lowest BCUT2D eigenvalue weighted by Crippen LogP contribution is -2.41. The molecule has 2 heterocycles. The fraction of sp³-hybridized carbons (Fsp3) is 0.158. The molecule has 1 aromatic heterocycles. The first-order chi connectivity index (χ1) is 12.1. The summed E-state index contributed by atoms with van der Waals surface area (Å²) in [5.41, 5.74) is 1.18. The summed E-state index contributed by atoms with van der Waals surface area (Å²) in [4.78, 5) is 38.1. The topological polar surface area (TPSA) is 67.6 Å². The number of hydrogen-bond donors (Lipinski definition) is 0. The van der Waals surface area contributed by atoms with Gasteiger partial charge in [-0.1, -0.05) is 18.7 Å². The Kier molecular flexibility index (Phi) is 4.43. The smallest absolute Gasteiger partial charge is 0.335 e. The zero-order chi connectivity index (χ0) is 18.0. The van der Waals surface area contributed by atoms with Crippen molar-refractivity contribution in [3.05, 3.63) is 72.1 Å². The lowest BCUT2D eigenvalue weighted by molar-refractivity contribution is -0.701. The molecule has 1 aliphatic heterocycles. The molecule has 3 rings (SSSR count). The number of aryl methyl sites for hydroxylation is 1. The zero-order valence-electron chi connectivity index (χ0n) is 13.8. The second-order valence-electron chi connectivity index (χ2n) is 5.48. The third-order valence-corrected chi connectivity index (χ3v) is 4.03. The number of hydrogen-bond acceptors (Lipinski definition) is 4. The van der Waals surface area contributed by atoms with Crippen LogP contribution in [0.15, 0.2) is 55.3 Å². The Hall–Kier alpha value is -3.28. The van der Waals surface area contributed by atoms with Crippen LogP contribution in [-0.4, -0.2) is 22.7 Å². The lowest BCUT2D eigenvalue weighted by Gasteiger charge is -2.12. The van der Waals surface area contributed by atoms with Gasteiger partial charge in [0.2, 0.25) is 5.69 Å². The first kappa shape index (κ1) is 16.6. The van der Waals surface area contributed by atoms with Crippen molar-refractivity contribution in [3.63, 3.8) is 0 Å². The molecule has 6 heteroatoms. The van der Waals surface area contributed by atoms with Gasteiger partial charge in [0.15, 0.2) is 6.20 Å². The third kappa shape index (κ3) is 2.94. The number of pyridine rings is 1. The van der Waals surface area contributed by atoms with E-state index >= 15 is 0 Å². The number of rotatable bonds is 5. The quantitative estimate of drug-likeness (QED) is 0.275. The van der Waals surface area contributed by atoms with E-state index in [0.717, 1.165) is 23.2 Å². The number of aromatic nitrogens is 1. The van der Waals surface area contributed by atoms with Gasteiger partial charge in [0.1, 0.15) is 18.8 Å². The Morgan fingerprint density at radius 2 is 2.00 bits per heavy atom. The summed E-state index contributed by atoms with van der Waals surface area (Å²) in [5.74, 6) is -1.49. The fourth-order valence-corrected chi connectivity index (χ4v) is 2.81. The van der Waals surface area contributed by atoms with E-state index in [9.17, 15) is 14.4 Å². The van der Waals surface area contributed by atoms with Gasteiger partial charge >= 0.3 is 5.97 Å². The largest absolute Gasteiger partial charge is 0.423 e. The fourth-order valence-electron chi connectivity index (χ4n) is 2.81. The number of ether oxygens (including phenoxy) is 1. The molecule has 0 saturated carbocycles. The van der Waals surface area contributed by atoms with Gasteiger partial charge in [0, 0.05) is 18.2 Å². The molecule has 2 amide bonds. The van der Waals surface area contributed by atoms with Crippen molar-refractivity contribution >= 4 is 17.8 Å². The van der Waals surface area contributed by atoms with Crippen LogP contribution >= 0.6 is 0 Å². The standard InChI is InChI=1S/C19H17N2O4/c1-3-16(22)25-15-10-7-9-14-17(15)19(24)21(18(14)23)12-13-8-5-6-11-20(13)4-2/h3,5-11H,1,4,12H2,2H3/q+1. The van der Waals surface area contributed by atoms with E-state index in [2.05, 4.69) is 6.58 Å². The first-order valence-electron chi connectivity index (χ1n) is 7.87. The van der Waals surface area contributed by atoms with Crippen LogP contribution in [0.4, 0.5) is 0 Å². The molecule has 0 bridgehead atoms. The molecule has 0 N–H and O–H groups in total. The van der Waals surface area contributed by atoms with Crippen LogP contribution in [-0.2, 0) is 17.9 Å². The summed E-state index contributed by atoms with van der Waals surface area (Å²) in [6.45, 7) is 6.19. The van der Waals surface area contributed by atoms with E-state index < -0.39 is 17.8 Å². The Balaban J connectivity index is 1.96. The van der Waals surface area contributed by atoms with E-state index in [0.29, 0.717) is 0 Å². The number of fused-ring (bicyclic) bond motifs is 1. The Morgan fingerprint density at radius 3 is 2.72 bits per heavy atom. The molecule has 6 nitrogen and oxygen atoms in total. The van der Waals surface area contributed by atoms with Gasteiger partial charge in [-0.3, -0.25) is 14.5 Å². The van der Waals surface area contributed by atoms with Crippen molar-refractivity contribution in [1.82, 2.24) is 4.90 Å². The molecule has 0 radical (unpaired) electrons. The van der Waals surface area contributed by atoms with Gasteiger partial charge in [-0.2, -0.15) is 0 Å². The highest BCUT2D eigenvalue weighted by Crippen LogP contribution is 2.31. The number of benzene rings is 1. The van der Waals surface area contributed by atoms with Gasteiger partial charge in [-0.05, 0) is 19.1 Å². The maximum Gasteiger partial charge on any atom is 0.335 e. The summed E-state index contributed by atoms with van der Waals surface area (Å²) >= 11 is 0. The van der Waals surface area contributed by atoms with Gasteiger partial charge < -0.3 is 4.74 Å². The second-order valence-corrected chi connectivity index (χ2v) is 5.48. The molecule has 0 atom stereocenters. The normalized spacial score (nSPS) is 12.9. The molecule has 25 heavy (non-hydrogen) atoms. The van der Waals surface area contributed by atoms with Crippen LogP contribution in [0.2, 0.25) is 0 Å².